The molecule has 144 valence electrons. The average molecular weight is 488 g/mol. The average Bonchev–Trinajstić information content (AvgIpc) is 2.76. The lowest BCUT2D eigenvalue weighted by atomic mass is 10.0. The SMILES string of the molecule is C=P(C)(C)C(Br)Cc1cc(-c2nn(C)c(OC(F)F)c2Cl)c(C)cc1Cl. The van der Waals surface area contributed by atoms with Crippen molar-refractivity contribution in [2.75, 3.05) is 13.3 Å². The van der Waals surface area contributed by atoms with E-state index in [0.29, 0.717) is 17.1 Å². The van der Waals surface area contributed by atoms with Crippen LogP contribution in [0.25, 0.3) is 11.3 Å². The molecule has 1 aromatic carbocycles. The predicted molar refractivity (Wildman–Crippen MR) is 112 cm³/mol. The van der Waals surface area contributed by atoms with Gasteiger partial charge in [-0.2, -0.15) is 13.9 Å². The molecule has 0 saturated carbocycles. The minimum absolute atomic E-state index is 0.0459. The number of aromatic nitrogens is 2. The summed E-state index contributed by atoms with van der Waals surface area (Å²) in [5, 5.41) is 4.94. The van der Waals surface area contributed by atoms with Gasteiger partial charge in [0.05, 0.1) is 0 Å². The zero-order valence-corrected chi connectivity index (χ0v) is 18.9. The summed E-state index contributed by atoms with van der Waals surface area (Å²) >= 11 is 16.4. The van der Waals surface area contributed by atoms with Crippen LogP contribution in [0.4, 0.5) is 8.78 Å². The lowest BCUT2D eigenvalue weighted by Crippen LogP contribution is -2.06. The first-order valence-corrected chi connectivity index (χ1v) is 12.3. The van der Waals surface area contributed by atoms with Crippen LogP contribution in [0, 0.1) is 6.92 Å². The lowest BCUT2D eigenvalue weighted by Gasteiger charge is -2.21. The van der Waals surface area contributed by atoms with E-state index in [-0.39, 0.29) is 15.5 Å². The van der Waals surface area contributed by atoms with Gasteiger partial charge in [-0.25, -0.2) is 4.68 Å². The molecule has 1 aromatic heterocycles. The number of halogens is 5. The van der Waals surface area contributed by atoms with Crippen molar-refractivity contribution in [1.82, 2.24) is 9.78 Å². The van der Waals surface area contributed by atoms with E-state index in [2.05, 4.69) is 45.4 Å². The van der Waals surface area contributed by atoms with Crippen LogP contribution in [0.2, 0.25) is 10.0 Å². The summed E-state index contributed by atoms with van der Waals surface area (Å²) in [6, 6.07) is 3.74. The molecule has 0 bridgehead atoms. The predicted octanol–water partition coefficient (Wildman–Crippen LogP) is 6.28. The fraction of sp³-hybridized carbons (Fsp3) is 0.412. The van der Waals surface area contributed by atoms with Crippen molar-refractivity contribution in [2.24, 2.45) is 7.05 Å². The molecule has 0 saturated heterocycles. The summed E-state index contributed by atoms with van der Waals surface area (Å²) < 4.78 is 31.1. The fourth-order valence-electron chi connectivity index (χ4n) is 2.42. The topological polar surface area (TPSA) is 27.1 Å². The van der Waals surface area contributed by atoms with Crippen molar-refractivity contribution in [3.8, 4) is 17.1 Å². The summed E-state index contributed by atoms with van der Waals surface area (Å²) in [5.41, 5.74) is 2.88. The van der Waals surface area contributed by atoms with Gasteiger partial charge in [0.25, 0.3) is 0 Å². The van der Waals surface area contributed by atoms with Crippen molar-refractivity contribution in [3.63, 3.8) is 0 Å². The van der Waals surface area contributed by atoms with Gasteiger partial charge in [-0.15, -0.1) is 13.2 Å². The fourth-order valence-corrected chi connectivity index (χ4v) is 4.07. The molecule has 1 unspecified atom stereocenters. The Morgan fingerprint density at radius 3 is 2.50 bits per heavy atom. The molecule has 3 nitrogen and oxygen atoms in total. The van der Waals surface area contributed by atoms with Crippen LogP contribution in [0.3, 0.4) is 0 Å². The first-order valence-electron chi connectivity index (χ1n) is 7.70. The van der Waals surface area contributed by atoms with Gasteiger partial charge in [0.15, 0.2) is 0 Å². The van der Waals surface area contributed by atoms with Crippen LogP contribution >= 0.6 is 46.0 Å². The number of hydrogen-bond donors (Lipinski definition) is 0. The summed E-state index contributed by atoms with van der Waals surface area (Å²) in [6.07, 6.45) is 4.94. The normalized spacial score (nSPS) is 13.3. The van der Waals surface area contributed by atoms with E-state index in [9.17, 15) is 8.78 Å². The lowest BCUT2D eigenvalue weighted by molar-refractivity contribution is -0.0552. The van der Waals surface area contributed by atoms with Crippen LogP contribution in [0.5, 0.6) is 5.88 Å². The van der Waals surface area contributed by atoms with Gasteiger partial charge in [-0.1, -0.05) is 39.1 Å². The Labute approximate surface area is 170 Å². The van der Waals surface area contributed by atoms with Gasteiger partial charge < -0.3 is 4.74 Å². The van der Waals surface area contributed by atoms with Crippen LogP contribution in [-0.2, 0) is 13.5 Å². The van der Waals surface area contributed by atoms with Crippen LogP contribution < -0.4 is 4.74 Å². The zero-order chi connectivity index (χ0) is 19.8. The molecule has 0 amide bonds. The van der Waals surface area contributed by atoms with Crippen molar-refractivity contribution in [3.05, 3.63) is 33.3 Å². The maximum atomic E-state index is 12.6. The number of hydrogen-bond acceptors (Lipinski definition) is 2. The zero-order valence-electron chi connectivity index (χ0n) is 14.9. The van der Waals surface area contributed by atoms with E-state index in [1.807, 2.05) is 19.1 Å². The number of aryl methyl sites for hydroxylation is 2. The number of ether oxygens (including phenoxy) is 1. The van der Waals surface area contributed by atoms with Crippen LogP contribution in [-0.4, -0.2) is 40.6 Å². The summed E-state index contributed by atoms with van der Waals surface area (Å²) in [4.78, 5) is 0. The Morgan fingerprint density at radius 2 is 1.96 bits per heavy atom. The molecular formula is C17H20BrCl2F2N2OP. The molecule has 26 heavy (non-hydrogen) atoms. The summed E-state index contributed by atoms with van der Waals surface area (Å²) in [7, 11) is 1.50. The Morgan fingerprint density at radius 1 is 1.35 bits per heavy atom. The van der Waals surface area contributed by atoms with E-state index in [1.165, 1.54) is 11.7 Å². The second-order valence-electron chi connectivity index (χ2n) is 6.65. The number of alkyl halides is 3. The van der Waals surface area contributed by atoms with Crippen molar-refractivity contribution in [2.45, 2.75) is 24.5 Å². The smallest absolute Gasteiger partial charge is 0.388 e. The van der Waals surface area contributed by atoms with Gasteiger partial charge >= 0.3 is 6.61 Å². The number of rotatable bonds is 6. The monoisotopic (exact) mass is 486 g/mol. The summed E-state index contributed by atoms with van der Waals surface area (Å²) in [5.74, 6) is -0.171. The Kier molecular flexibility index (Phi) is 6.87. The van der Waals surface area contributed by atoms with Crippen LogP contribution in [0.1, 0.15) is 11.1 Å². The minimum Gasteiger partial charge on any atom is -0.416 e. The molecule has 0 aliphatic rings. The van der Waals surface area contributed by atoms with Gasteiger partial charge in [-0.3, -0.25) is 0 Å². The molecule has 0 aliphatic carbocycles. The molecule has 2 aromatic rings. The molecule has 1 atom stereocenters. The molecule has 0 N–H and O–H groups in total. The third kappa shape index (κ3) is 4.83. The van der Waals surface area contributed by atoms with Gasteiger partial charge in [0, 0.05) is 22.2 Å². The molecule has 0 spiro atoms. The number of nitrogens with zero attached hydrogens (tertiary/aromatic N) is 2. The van der Waals surface area contributed by atoms with E-state index >= 15 is 0 Å². The first kappa shape index (κ1) is 21.7. The third-order valence-corrected chi connectivity index (χ3v) is 9.98. The van der Waals surface area contributed by atoms with Crippen LogP contribution in [0.15, 0.2) is 12.1 Å². The number of benzene rings is 1. The van der Waals surface area contributed by atoms with E-state index in [0.717, 1.165) is 16.7 Å². The molecule has 0 fully saturated rings. The highest BCUT2D eigenvalue weighted by atomic mass is 79.9. The molecular weight excluding hydrogens is 468 g/mol. The maximum absolute atomic E-state index is 12.6. The quantitative estimate of drug-likeness (QED) is 0.354. The largest absolute Gasteiger partial charge is 0.416 e. The highest BCUT2D eigenvalue weighted by Gasteiger charge is 2.23. The van der Waals surface area contributed by atoms with Crippen molar-refractivity contribution in [1.29, 1.82) is 0 Å². The van der Waals surface area contributed by atoms with Gasteiger partial charge in [-0.05, 0) is 49.9 Å². The molecule has 0 aliphatic heterocycles. The van der Waals surface area contributed by atoms with Crippen molar-refractivity contribution >= 4 is 52.3 Å². The molecule has 9 heteroatoms. The highest BCUT2D eigenvalue weighted by Crippen LogP contribution is 2.48. The van der Waals surface area contributed by atoms with Crippen molar-refractivity contribution < 1.29 is 13.5 Å². The Balaban J connectivity index is 2.51. The van der Waals surface area contributed by atoms with E-state index < -0.39 is 13.5 Å². The second-order valence-corrected chi connectivity index (χ2v) is 13.4. The highest BCUT2D eigenvalue weighted by molar-refractivity contribution is 9.10. The molecule has 2 rings (SSSR count). The van der Waals surface area contributed by atoms with E-state index in [4.69, 9.17) is 23.2 Å². The van der Waals surface area contributed by atoms with E-state index in [1.54, 1.807) is 0 Å². The van der Waals surface area contributed by atoms with Gasteiger partial charge in [0.2, 0.25) is 5.88 Å². The first-order chi connectivity index (χ1) is 11.9. The Hall–Kier alpha value is -0.550. The molecule has 1 heterocycles. The Bertz CT molecular complexity index is 867. The summed E-state index contributed by atoms with van der Waals surface area (Å²) in [6.45, 7) is 1.81. The standard InChI is InChI=1S/C17H20BrCl2F2N2OP/c1-9-6-12(19)10(8-13(18)26(3,4)5)7-11(9)15-14(20)16(24(2)23-15)25-17(21)22/h6-7,13,17H,3,8H2,1-2,4-5H3. The molecule has 0 radical (unpaired) electrons. The second kappa shape index (κ2) is 8.22. The minimum atomic E-state index is -2.98. The maximum Gasteiger partial charge on any atom is 0.388 e. The third-order valence-electron chi connectivity index (χ3n) is 3.94. The van der Waals surface area contributed by atoms with Gasteiger partial charge in [0.1, 0.15) is 10.7 Å².